The van der Waals surface area contributed by atoms with Gasteiger partial charge < -0.3 is 33.9 Å². The zero-order valence-corrected chi connectivity index (χ0v) is 24.4. The number of nitrogen functional groups attached to an aromatic ring is 1. The van der Waals surface area contributed by atoms with Crippen molar-refractivity contribution in [2.45, 2.75) is 77.0 Å². The normalized spacial score (nSPS) is 25.6. The molecule has 0 spiro atoms. The minimum absolute atomic E-state index is 0.000390. The molecule has 6 atom stereocenters. The van der Waals surface area contributed by atoms with Crippen molar-refractivity contribution in [2.75, 3.05) is 18.7 Å². The molecule has 0 aliphatic carbocycles. The Balaban J connectivity index is 1.31. The molecule has 5 rings (SSSR count). The van der Waals surface area contributed by atoms with Crippen LogP contribution in [0.3, 0.4) is 0 Å². The maximum atomic E-state index is 13.9. The zero-order valence-electron chi connectivity index (χ0n) is 23.5. The average molecular weight is 591 g/mol. The third kappa shape index (κ3) is 6.53. The lowest BCUT2D eigenvalue weighted by Crippen LogP contribution is -2.37. The van der Waals surface area contributed by atoms with Crippen molar-refractivity contribution in [3.05, 3.63) is 48.5 Å². The lowest BCUT2D eigenvalue weighted by molar-refractivity contribution is -0.192. The average Bonchev–Trinajstić information content (AvgIpc) is 3.56. The Labute approximate surface area is 237 Å². The smallest absolute Gasteiger partial charge is 0.342 e. The van der Waals surface area contributed by atoms with Crippen LogP contribution in [0.4, 0.5) is 5.82 Å². The third-order valence-corrected chi connectivity index (χ3v) is 8.24. The number of nitrogens with zero attached hydrogens (tertiary/aromatic N) is 4. The van der Waals surface area contributed by atoms with Gasteiger partial charge in [0.15, 0.2) is 17.3 Å². The van der Waals surface area contributed by atoms with Gasteiger partial charge in [0.25, 0.3) is 0 Å². The largest absolute Gasteiger partial charge is 0.462 e. The van der Waals surface area contributed by atoms with Crippen molar-refractivity contribution < 1.29 is 37.6 Å². The molecule has 2 fully saturated rings. The van der Waals surface area contributed by atoms with Crippen molar-refractivity contribution >= 4 is 25.0 Å². The van der Waals surface area contributed by atoms with E-state index >= 15 is 0 Å². The summed E-state index contributed by atoms with van der Waals surface area (Å²) in [5.41, 5.74) is 6.97. The van der Waals surface area contributed by atoms with Crippen molar-refractivity contribution in [2.24, 2.45) is 0 Å². The molecule has 3 aromatic rings. The van der Waals surface area contributed by atoms with Crippen LogP contribution in [0, 0.1) is 0 Å². The van der Waals surface area contributed by atoms with Crippen molar-refractivity contribution in [3.63, 3.8) is 0 Å². The van der Waals surface area contributed by atoms with Gasteiger partial charge in [-0.05, 0) is 46.8 Å². The number of ether oxygens (including phenoxy) is 5. The summed E-state index contributed by atoms with van der Waals surface area (Å²) in [6.07, 6.45) is 0.0858. The summed E-state index contributed by atoms with van der Waals surface area (Å²) in [7, 11) is -3.75. The predicted molar refractivity (Wildman–Crippen MR) is 146 cm³/mol. The number of aromatic nitrogens is 4. The maximum Gasteiger partial charge on any atom is 0.342 e. The number of carbonyl (C=O) groups is 1. The van der Waals surface area contributed by atoms with Crippen LogP contribution >= 0.6 is 7.52 Å². The lowest BCUT2D eigenvalue weighted by Gasteiger charge is -2.26. The van der Waals surface area contributed by atoms with Crippen LogP contribution in [0.5, 0.6) is 5.75 Å². The van der Waals surface area contributed by atoms with E-state index in [4.69, 9.17) is 33.9 Å². The molecule has 0 saturated carbocycles. The second kappa shape index (κ2) is 11.6. The molecule has 0 bridgehead atoms. The molecule has 0 amide bonds. The number of rotatable bonds is 11. The molecule has 2 aromatic heterocycles. The summed E-state index contributed by atoms with van der Waals surface area (Å²) in [6.45, 7) is 8.66. The number of carbonyl (C=O) groups excluding carboxylic acids is 1. The second-order valence-corrected chi connectivity index (χ2v) is 12.7. The second-order valence-electron chi connectivity index (χ2n) is 10.6. The fourth-order valence-electron chi connectivity index (χ4n) is 4.81. The number of fused-ring (bicyclic) bond motifs is 2. The highest BCUT2D eigenvalue weighted by molar-refractivity contribution is 7.57. The number of nitrogens with one attached hydrogen (secondary N) is 1. The molecule has 3 N–H and O–H groups in total. The zero-order chi connectivity index (χ0) is 29.4. The number of benzene rings is 1. The number of hydrogen-bond donors (Lipinski definition) is 2. The van der Waals surface area contributed by atoms with Gasteiger partial charge in [0.05, 0.1) is 24.6 Å². The Morgan fingerprint density at radius 2 is 1.90 bits per heavy atom. The first-order chi connectivity index (χ1) is 19.4. The Bertz CT molecular complexity index is 1420. The van der Waals surface area contributed by atoms with Crippen LogP contribution in [0.1, 0.15) is 46.4 Å². The van der Waals surface area contributed by atoms with Crippen LogP contribution in [0.15, 0.2) is 42.9 Å². The predicted octanol–water partition coefficient (Wildman–Crippen LogP) is 2.84. The molecule has 1 aromatic carbocycles. The highest BCUT2D eigenvalue weighted by Crippen LogP contribution is 2.47. The summed E-state index contributed by atoms with van der Waals surface area (Å²) >= 11 is 0. The van der Waals surface area contributed by atoms with Gasteiger partial charge in [-0.15, -0.1) is 0 Å². The van der Waals surface area contributed by atoms with Crippen molar-refractivity contribution in [1.29, 1.82) is 0 Å². The van der Waals surface area contributed by atoms with Gasteiger partial charge in [-0.25, -0.2) is 19.6 Å². The highest BCUT2D eigenvalue weighted by atomic mass is 31.2. The van der Waals surface area contributed by atoms with E-state index in [9.17, 15) is 9.36 Å². The molecular formula is C26H35N6O8P. The van der Waals surface area contributed by atoms with Crippen LogP contribution in [-0.2, 0) is 33.0 Å². The molecule has 15 heteroatoms. The first kappa shape index (κ1) is 29.4. The molecule has 0 radical (unpaired) electrons. The molecule has 222 valence electrons. The van der Waals surface area contributed by atoms with Crippen molar-refractivity contribution in [3.8, 4) is 5.75 Å². The van der Waals surface area contributed by atoms with Crippen molar-refractivity contribution in [1.82, 2.24) is 24.7 Å². The SMILES string of the molecule is CC(C)OC(=O)[C@H](C)NP(=O)(COC[C@H]1OC(c2cnc3c(N)ncnn23)[C@@H]2OC(C)(C)O[C@H]12)Oc1ccccc1. The number of imidazole rings is 1. The number of para-hydroxylation sites is 1. The van der Waals surface area contributed by atoms with E-state index in [1.807, 2.05) is 19.9 Å². The highest BCUT2D eigenvalue weighted by Gasteiger charge is 2.56. The Morgan fingerprint density at radius 3 is 2.63 bits per heavy atom. The van der Waals surface area contributed by atoms with Crippen LogP contribution in [0.2, 0.25) is 0 Å². The first-order valence-electron chi connectivity index (χ1n) is 13.3. The van der Waals surface area contributed by atoms with E-state index in [0.717, 1.165) is 0 Å². The summed E-state index contributed by atoms with van der Waals surface area (Å²) in [4.78, 5) is 20.8. The Morgan fingerprint density at radius 1 is 1.17 bits per heavy atom. The fraction of sp³-hybridized carbons (Fsp3) is 0.538. The molecule has 2 aliphatic heterocycles. The number of esters is 1. The quantitative estimate of drug-likeness (QED) is 0.247. The van der Waals surface area contributed by atoms with E-state index in [0.29, 0.717) is 17.1 Å². The van der Waals surface area contributed by atoms with Gasteiger partial charge in [-0.1, -0.05) is 18.2 Å². The Kier molecular flexibility index (Phi) is 8.33. The van der Waals surface area contributed by atoms with E-state index in [1.165, 1.54) is 6.33 Å². The van der Waals surface area contributed by atoms with Gasteiger partial charge >= 0.3 is 13.5 Å². The topological polar surface area (TPSA) is 171 Å². The minimum Gasteiger partial charge on any atom is -0.462 e. The van der Waals surface area contributed by atoms with Crippen LogP contribution < -0.4 is 15.3 Å². The van der Waals surface area contributed by atoms with Gasteiger partial charge in [0.1, 0.15) is 48.9 Å². The lowest BCUT2D eigenvalue weighted by atomic mass is 10.1. The van der Waals surface area contributed by atoms with E-state index in [2.05, 4.69) is 20.2 Å². The third-order valence-electron chi connectivity index (χ3n) is 6.43. The molecular weight excluding hydrogens is 555 g/mol. The summed E-state index contributed by atoms with van der Waals surface area (Å²) in [6, 6.07) is 7.73. The van der Waals surface area contributed by atoms with Gasteiger partial charge in [0.2, 0.25) is 0 Å². The minimum atomic E-state index is -3.75. The van der Waals surface area contributed by atoms with Gasteiger partial charge in [-0.3, -0.25) is 9.36 Å². The number of anilines is 1. The maximum absolute atomic E-state index is 13.9. The molecule has 14 nitrogen and oxygen atoms in total. The molecule has 2 aliphatic rings. The van der Waals surface area contributed by atoms with Crippen LogP contribution in [0.25, 0.3) is 5.65 Å². The summed E-state index contributed by atoms with van der Waals surface area (Å²) < 4.78 is 51.2. The molecule has 4 heterocycles. The van der Waals surface area contributed by atoms with E-state index < -0.39 is 49.7 Å². The van der Waals surface area contributed by atoms with Gasteiger partial charge in [-0.2, -0.15) is 5.10 Å². The standard InChI is InChI=1S/C26H35N6O8P/c1-15(2)36-25(33)16(3)31-41(34,40-17-9-7-6-8-10-17)14-35-12-19-21-22(39-26(4,5)38-21)20(37-19)18-11-28-24-23(27)29-13-30-32(18)24/h6-11,13,15-16,19-22H,12,14H2,1-5H3,(H,31,34)(H2,27,29,30)/t16-,19+,20?,21+,22-,41?/m0/s1. The monoisotopic (exact) mass is 590 g/mol. The molecule has 2 unspecified atom stereocenters. The Hall–Kier alpha value is -3.13. The molecule has 41 heavy (non-hydrogen) atoms. The summed E-state index contributed by atoms with van der Waals surface area (Å²) in [5, 5.41) is 7.06. The molecule has 2 saturated heterocycles. The van der Waals surface area contributed by atoms with E-state index in [1.54, 1.807) is 55.7 Å². The fourth-order valence-corrected chi connectivity index (χ4v) is 6.50. The van der Waals surface area contributed by atoms with Gasteiger partial charge in [0, 0.05) is 0 Å². The van der Waals surface area contributed by atoms with E-state index in [-0.39, 0.29) is 24.9 Å². The number of nitrogens with two attached hydrogens (primary N) is 1. The first-order valence-corrected chi connectivity index (χ1v) is 15.1. The van der Waals surface area contributed by atoms with Crippen LogP contribution in [-0.4, -0.2) is 74.8 Å². The number of hydrogen-bond acceptors (Lipinski definition) is 12. The summed E-state index contributed by atoms with van der Waals surface area (Å²) in [5.74, 6) is -0.837.